The van der Waals surface area contributed by atoms with Gasteiger partial charge in [-0.05, 0) is 13.8 Å². The van der Waals surface area contributed by atoms with Gasteiger partial charge in [-0.25, -0.2) is 4.98 Å². The van der Waals surface area contributed by atoms with Crippen molar-refractivity contribution in [3.63, 3.8) is 0 Å². The van der Waals surface area contributed by atoms with Gasteiger partial charge in [0.15, 0.2) is 5.13 Å². The second-order valence-electron chi connectivity index (χ2n) is 5.29. The first-order chi connectivity index (χ1) is 9.13. The Morgan fingerprint density at radius 1 is 1.37 bits per heavy atom. The van der Waals surface area contributed by atoms with E-state index in [9.17, 15) is 4.79 Å². The third-order valence-electron chi connectivity index (χ3n) is 3.78. The van der Waals surface area contributed by atoms with E-state index in [0.29, 0.717) is 0 Å². The average Bonchev–Trinajstić information content (AvgIpc) is 2.96. The average molecular weight is 281 g/mol. The molecule has 3 rings (SSSR count). The highest BCUT2D eigenvalue weighted by Crippen LogP contribution is 2.24. The van der Waals surface area contributed by atoms with Crippen molar-refractivity contribution in [1.29, 1.82) is 0 Å². The minimum atomic E-state index is -0.0500. The second-order valence-corrected chi connectivity index (χ2v) is 6.13. The fourth-order valence-corrected chi connectivity index (χ4v) is 3.60. The molecular formula is C13H19N3O2S. The Morgan fingerprint density at radius 3 is 2.63 bits per heavy atom. The van der Waals surface area contributed by atoms with Crippen molar-refractivity contribution in [1.82, 2.24) is 9.88 Å². The van der Waals surface area contributed by atoms with Crippen LogP contribution in [0.3, 0.4) is 0 Å². The molecule has 2 aliphatic heterocycles. The summed E-state index contributed by atoms with van der Waals surface area (Å²) >= 11 is 1.70. The number of piperazine rings is 1. The number of ether oxygens (including phenoxy) is 1. The molecule has 0 aromatic carbocycles. The number of esters is 1. The van der Waals surface area contributed by atoms with Crippen LogP contribution in [0.4, 0.5) is 5.13 Å². The maximum absolute atomic E-state index is 11.8. The van der Waals surface area contributed by atoms with Crippen molar-refractivity contribution in [3.8, 4) is 0 Å². The van der Waals surface area contributed by atoms with Crippen LogP contribution in [0, 0.1) is 6.92 Å². The number of aryl methyl sites for hydroxylation is 1. The molecular weight excluding hydrogens is 262 g/mol. The minimum Gasteiger partial charge on any atom is -0.461 e. The van der Waals surface area contributed by atoms with Crippen LogP contribution in [0.15, 0.2) is 5.38 Å². The fraction of sp³-hybridized carbons (Fsp3) is 0.692. The summed E-state index contributed by atoms with van der Waals surface area (Å²) in [5.74, 6) is -0.0500. The van der Waals surface area contributed by atoms with Gasteiger partial charge in [0.05, 0.1) is 5.69 Å². The smallest absolute Gasteiger partial charge is 0.323 e. The molecule has 2 fully saturated rings. The van der Waals surface area contributed by atoms with E-state index >= 15 is 0 Å². The molecule has 2 unspecified atom stereocenters. The zero-order chi connectivity index (χ0) is 13.4. The van der Waals surface area contributed by atoms with Crippen LogP contribution >= 0.6 is 11.3 Å². The Hall–Kier alpha value is -1.14. The first-order valence-corrected chi connectivity index (χ1v) is 7.63. The number of cyclic esters (lactones) is 1. The number of anilines is 1. The van der Waals surface area contributed by atoms with Gasteiger partial charge in [-0.3, -0.25) is 9.69 Å². The predicted molar refractivity (Wildman–Crippen MR) is 74.6 cm³/mol. The molecule has 5 nitrogen and oxygen atoms in total. The topological polar surface area (TPSA) is 45.7 Å². The summed E-state index contributed by atoms with van der Waals surface area (Å²) in [5.41, 5.74) is 1.08. The molecule has 0 saturated carbocycles. The second kappa shape index (κ2) is 5.09. The standard InChI is InChI=1S/C13H19N3O2S/c1-9-8-19-13(14-9)16-5-3-15(4-6-16)11-7-10(2)18-12(11)17/h8,10-11H,3-7H2,1-2H3. The van der Waals surface area contributed by atoms with Crippen molar-refractivity contribution in [2.45, 2.75) is 32.4 Å². The van der Waals surface area contributed by atoms with Crippen LogP contribution in [0.1, 0.15) is 19.0 Å². The van der Waals surface area contributed by atoms with Gasteiger partial charge in [0.2, 0.25) is 0 Å². The van der Waals surface area contributed by atoms with Gasteiger partial charge in [0.25, 0.3) is 0 Å². The van der Waals surface area contributed by atoms with Crippen molar-refractivity contribution in [2.24, 2.45) is 0 Å². The van der Waals surface area contributed by atoms with Crippen LogP contribution in [0.2, 0.25) is 0 Å². The first-order valence-electron chi connectivity index (χ1n) is 6.75. The molecule has 2 atom stereocenters. The van der Waals surface area contributed by atoms with Crippen molar-refractivity contribution in [3.05, 3.63) is 11.1 Å². The molecule has 104 valence electrons. The van der Waals surface area contributed by atoms with Gasteiger partial charge in [-0.2, -0.15) is 0 Å². The van der Waals surface area contributed by atoms with E-state index in [0.717, 1.165) is 43.4 Å². The molecule has 0 spiro atoms. The number of hydrogen-bond donors (Lipinski definition) is 0. The SMILES string of the molecule is Cc1csc(N2CCN(C3CC(C)OC3=O)CC2)n1. The van der Waals surface area contributed by atoms with Gasteiger partial charge >= 0.3 is 5.97 Å². The molecule has 1 aromatic heterocycles. The monoisotopic (exact) mass is 281 g/mol. The number of nitrogens with zero attached hydrogens (tertiary/aromatic N) is 3. The van der Waals surface area contributed by atoms with Gasteiger partial charge in [-0.1, -0.05) is 0 Å². The molecule has 2 saturated heterocycles. The van der Waals surface area contributed by atoms with E-state index in [1.807, 2.05) is 13.8 Å². The van der Waals surface area contributed by atoms with Crippen LogP contribution in [-0.2, 0) is 9.53 Å². The summed E-state index contributed by atoms with van der Waals surface area (Å²) in [4.78, 5) is 20.8. The van der Waals surface area contributed by atoms with E-state index in [4.69, 9.17) is 4.74 Å². The summed E-state index contributed by atoms with van der Waals surface area (Å²) in [7, 11) is 0. The van der Waals surface area contributed by atoms with Gasteiger partial charge in [0.1, 0.15) is 12.1 Å². The molecule has 19 heavy (non-hydrogen) atoms. The molecule has 0 bridgehead atoms. The van der Waals surface area contributed by atoms with E-state index < -0.39 is 0 Å². The first kappa shape index (κ1) is 12.9. The fourth-order valence-electron chi connectivity index (χ4n) is 2.75. The van der Waals surface area contributed by atoms with Crippen LogP contribution in [-0.4, -0.2) is 54.2 Å². The van der Waals surface area contributed by atoms with Gasteiger partial charge < -0.3 is 9.64 Å². The molecule has 0 amide bonds. The maximum atomic E-state index is 11.8. The number of rotatable bonds is 2. The van der Waals surface area contributed by atoms with Crippen molar-refractivity contribution < 1.29 is 9.53 Å². The Morgan fingerprint density at radius 2 is 2.11 bits per heavy atom. The number of carbonyl (C=O) groups excluding carboxylic acids is 1. The lowest BCUT2D eigenvalue weighted by molar-refractivity contribution is -0.144. The Balaban J connectivity index is 1.59. The van der Waals surface area contributed by atoms with Crippen LogP contribution < -0.4 is 4.90 Å². The van der Waals surface area contributed by atoms with Crippen LogP contribution in [0.25, 0.3) is 0 Å². The van der Waals surface area contributed by atoms with E-state index in [1.54, 1.807) is 11.3 Å². The summed E-state index contributed by atoms with van der Waals surface area (Å²) in [5, 5.41) is 3.18. The molecule has 0 radical (unpaired) electrons. The minimum absolute atomic E-state index is 0.0322. The summed E-state index contributed by atoms with van der Waals surface area (Å²) < 4.78 is 5.24. The lowest BCUT2D eigenvalue weighted by Crippen LogP contribution is -2.51. The number of aromatic nitrogens is 1. The van der Waals surface area contributed by atoms with E-state index in [2.05, 4.69) is 20.2 Å². The maximum Gasteiger partial charge on any atom is 0.323 e. The lowest BCUT2D eigenvalue weighted by Gasteiger charge is -2.36. The zero-order valence-electron chi connectivity index (χ0n) is 11.3. The molecule has 0 aliphatic carbocycles. The molecule has 0 N–H and O–H groups in total. The largest absolute Gasteiger partial charge is 0.461 e. The van der Waals surface area contributed by atoms with E-state index in [-0.39, 0.29) is 18.1 Å². The zero-order valence-corrected chi connectivity index (χ0v) is 12.2. The highest BCUT2D eigenvalue weighted by molar-refractivity contribution is 7.13. The lowest BCUT2D eigenvalue weighted by atomic mass is 10.1. The highest BCUT2D eigenvalue weighted by Gasteiger charge is 2.37. The van der Waals surface area contributed by atoms with Gasteiger partial charge in [-0.15, -0.1) is 11.3 Å². The summed E-state index contributed by atoms with van der Waals surface area (Å²) in [6.45, 7) is 7.67. The number of hydrogen-bond acceptors (Lipinski definition) is 6. The van der Waals surface area contributed by atoms with Crippen molar-refractivity contribution in [2.75, 3.05) is 31.1 Å². The molecule has 1 aromatic rings. The quantitative estimate of drug-likeness (QED) is 0.764. The summed E-state index contributed by atoms with van der Waals surface area (Å²) in [6.07, 6.45) is 0.895. The number of thiazole rings is 1. The highest BCUT2D eigenvalue weighted by atomic mass is 32.1. The van der Waals surface area contributed by atoms with E-state index in [1.165, 1.54) is 0 Å². The number of carbonyl (C=O) groups is 1. The Bertz CT molecular complexity index is 468. The Kier molecular flexibility index (Phi) is 3.45. The third-order valence-corrected chi connectivity index (χ3v) is 4.80. The molecule has 3 heterocycles. The molecule has 6 heteroatoms. The van der Waals surface area contributed by atoms with Crippen molar-refractivity contribution >= 4 is 22.4 Å². The predicted octanol–water partition coefficient (Wildman–Crippen LogP) is 1.28. The Labute approximate surface area is 117 Å². The van der Waals surface area contributed by atoms with Crippen LogP contribution in [0.5, 0.6) is 0 Å². The normalized spacial score (nSPS) is 28.7. The molecule has 2 aliphatic rings. The third kappa shape index (κ3) is 2.60. The summed E-state index contributed by atoms with van der Waals surface area (Å²) in [6, 6.07) is -0.0322. The van der Waals surface area contributed by atoms with Gasteiger partial charge in [0, 0.05) is 38.0 Å².